The molecule has 0 amide bonds. The molecule has 1 aromatic heterocycles. The Bertz CT molecular complexity index is 593. The van der Waals surface area contributed by atoms with E-state index in [1.807, 2.05) is 36.4 Å². The van der Waals surface area contributed by atoms with Gasteiger partial charge in [-0.2, -0.15) is 0 Å². The van der Waals surface area contributed by atoms with Crippen molar-refractivity contribution in [2.24, 2.45) is 0 Å². The molecule has 0 radical (unpaired) electrons. The number of furan rings is 1. The van der Waals surface area contributed by atoms with Gasteiger partial charge in [0.05, 0.1) is 0 Å². The molecule has 1 aliphatic heterocycles. The lowest BCUT2D eigenvalue weighted by Gasteiger charge is -2.31. The molecule has 2 heterocycles. The normalized spacial score (nSPS) is 18.5. The van der Waals surface area contributed by atoms with Crippen molar-refractivity contribution in [2.75, 3.05) is 13.2 Å². The van der Waals surface area contributed by atoms with Crippen LogP contribution >= 0.6 is 0 Å². The first kappa shape index (κ1) is 14.0. The van der Waals surface area contributed by atoms with Crippen molar-refractivity contribution in [3.8, 4) is 11.5 Å². The summed E-state index contributed by atoms with van der Waals surface area (Å²) in [5.41, 5.74) is 0. The van der Waals surface area contributed by atoms with Gasteiger partial charge in [-0.3, -0.25) is 0 Å². The molecule has 0 fully saturated rings. The number of hydrogen-bond donors (Lipinski definition) is 1. The fourth-order valence-electron chi connectivity index (χ4n) is 2.59. The molecule has 1 aliphatic rings. The lowest BCUT2D eigenvalue weighted by Crippen LogP contribution is -2.41. The number of para-hydroxylation sites is 2. The van der Waals surface area contributed by atoms with Crippen LogP contribution in [0, 0.1) is 0 Å². The van der Waals surface area contributed by atoms with Crippen LogP contribution in [0.3, 0.4) is 0 Å². The molecule has 0 aliphatic carbocycles. The zero-order valence-electron chi connectivity index (χ0n) is 12.5. The maximum absolute atomic E-state index is 6.10. The second-order valence-electron chi connectivity index (χ2n) is 5.11. The molecule has 3 rings (SSSR count). The molecular formula is C17H21NO3. The summed E-state index contributed by atoms with van der Waals surface area (Å²) in [4.78, 5) is 0. The largest absolute Gasteiger partial charge is 0.486 e. The number of ether oxygens (including phenoxy) is 2. The highest BCUT2D eigenvalue weighted by Crippen LogP contribution is 2.34. The third kappa shape index (κ3) is 2.90. The van der Waals surface area contributed by atoms with Crippen molar-refractivity contribution < 1.29 is 13.9 Å². The smallest absolute Gasteiger partial charge is 0.161 e. The highest BCUT2D eigenvalue weighted by molar-refractivity contribution is 5.41. The number of hydrogen-bond acceptors (Lipinski definition) is 4. The number of aryl methyl sites for hydroxylation is 1. The summed E-state index contributed by atoms with van der Waals surface area (Å²) in [5.74, 6) is 3.49. The fraction of sp³-hybridized carbons (Fsp3) is 0.412. The number of rotatable bonds is 5. The Morgan fingerprint density at radius 2 is 1.95 bits per heavy atom. The van der Waals surface area contributed by atoms with E-state index in [9.17, 15) is 0 Å². The van der Waals surface area contributed by atoms with E-state index in [0.717, 1.165) is 36.0 Å². The molecule has 2 aromatic rings. The van der Waals surface area contributed by atoms with Crippen molar-refractivity contribution in [2.45, 2.75) is 32.4 Å². The van der Waals surface area contributed by atoms with Crippen LogP contribution in [0.15, 0.2) is 40.8 Å². The molecule has 4 heteroatoms. The number of likely N-dealkylation sites (N-methyl/N-ethyl adjacent to an activating group) is 1. The van der Waals surface area contributed by atoms with Gasteiger partial charge in [0, 0.05) is 6.42 Å². The first-order chi connectivity index (χ1) is 10.3. The first-order valence-electron chi connectivity index (χ1n) is 7.52. The molecule has 21 heavy (non-hydrogen) atoms. The summed E-state index contributed by atoms with van der Waals surface area (Å²) in [5, 5.41) is 3.44. The zero-order valence-corrected chi connectivity index (χ0v) is 12.5. The van der Waals surface area contributed by atoms with Crippen molar-refractivity contribution in [1.82, 2.24) is 5.32 Å². The first-order valence-corrected chi connectivity index (χ1v) is 7.52. The number of benzene rings is 1. The lowest BCUT2D eigenvalue weighted by atomic mass is 10.1. The van der Waals surface area contributed by atoms with Crippen LogP contribution in [0.25, 0.3) is 0 Å². The average molecular weight is 287 g/mol. The molecule has 0 saturated carbocycles. The molecule has 0 spiro atoms. The van der Waals surface area contributed by atoms with E-state index in [-0.39, 0.29) is 12.1 Å². The Balaban J connectivity index is 1.82. The summed E-state index contributed by atoms with van der Waals surface area (Å²) >= 11 is 0. The van der Waals surface area contributed by atoms with Gasteiger partial charge >= 0.3 is 0 Å². The third-order valence-electron chi connectivity index (χ3n) is 3.66. The Hall–Kier alpha value is -1.94. The van der Waals surface area contributed by atoms with Gasteiger partial charge in [0.25, 0.3) is 0 Å². The molecule has 2 atom stereocenters. The maximum atomic E-state index is 6.10. The van der Waals surface area contributed by atoms with Crippen molar-refractivity contribution >= 4 is 0 Å². The van der Waals surface area contributed by atoms with Gasteiger partial charge in [0.15, 0.2) is 17.6 Å². The zero-order chi connectivity index (χ0) is 14.7. The van der Waals surface area contributed by atoms with Crippen LogP contribution in [0.5, 0.6) is 11.5 Å². The Kier molecular flexibility index (Phi) is 4.15. The topological polar surface area (TPSA) is 43.6 Å². The van der Waals surface area contributed by atoms with Gasteiger partial charge in [-0.1, -0.05) is 26.0 Å². The molecule has 0 bridgehead atoms. The summed E-state index contributed by atoms with van der Waals surface area (Å²) in [7, 11) is 0. The van der Waals surface area contributed by atoms with E-state index in [0.29, 0.717) is 6.61 Å². The molecular weight excluding hydrogens is 266 g/mol. The quantitative estimate of drug-likeness (QED) is 0.916. The van der Waals surface area contributed by atoms with Crippen molar-refractivity contribution in [3.63, 3.8) is 0 Å². The van der Waals surface area contributed by atoms with Crippen molar-refractivity contribution in [3.05, 3.63) is 47.9 Å². The van der Waals surface area contributed by atoms with E-state index < -0.39 is 0 Å². The highest BCUT2D eigenvalue weighted by atomic mass is 16.6. The van der Waals surface area contributed by atoms with Gasteiger partial charge in [-0.25, -0.2) is 0 Å². The Morgan fingerprint density at radius 1 is 1.14 bits per heavy atom. The van der Waals surface area contributed by atoms with Gasteiger partial charge in [-0.05, 0) is 30.8 Å². The Morgan fingerprint density at radius 3 is 2.67 bits per heavy atom. The summed E-state index contributed by atoms with van der Waals surface area (Å²) in [6, 6.07) is 11.8. The van der Waals surface area contributed by atoms with Crippen molar-refractivity contribution in [1.29, 1.82) is 0 Å². The minimum absolute atomic E-state index is 0.0105. The van der Waals surface area contributed by atoms with E-state index in [4.69, 9.17) is 13.9 Å². The minimum Gasteiger partial charge on any atom is -0.486 e. The summed E-state index contributed by atoms with van der Waals surface area (Å²) in [6.45, 7) is 5.51. The molecule has 2 unspecified atom stereocenters. The van der Waals surface area contributed by atoms with E-state index in [1.54, 1.807) is 0 Å². The van der Waals surface area contributed by atoms with E-state index >= 15 is 0 Å². The Labute approximate surface area is 125 Å². The standard InChI is InChI=1S/C17H21NO3/c1-3-12-9-10-15(20-12)17(18-4-2)16-11-19-13-7-5-6-8-14(13)21-16/h5-10,16-18H,3-4,11H2,1-2H3. The van der Waals surface area contributed by atoms with Gasteiger partial charge < -0.3 is 19.2 Å². The molecule has 1 aromatic carbocycles. The fourth-order valence-corrected chi connectivity index (χ4v) is 2.59. The average Bonchev–Trinajstić information content (AvgIpc) is 3.01. The van der Waals surface area contributed by atoms with E-state index in [2.05, 4.69) is 19.2 Å². The van der Waals surface area contributed by atoms with Gasteiger partial charge in [-0.15, -0.1) is 0 Å². The predicted octanol–water partition coefficient (Wildman–Crippen LogP) is 3.33. The van der Waals surface area contributed by atoms with Crippen LogP contribution in [-0.4, -0.2) is 19.3 Å². The monoisotopic (exact) mass is 287 g/mol. The lowest BCUT2D eigenvalue weighted by molar-refractivity contribution is 0.0556. The molecule has 4 nitrogen and oxygen atoms in total. The third-order valence-corrected chi connectivity index (χ3v) is 3.66. The summed E-state index contributed by atoms with van der Waals surface area (Å²) < 4.78 is 17.8. The second kappa shape index (κ2) is 6.22. The summed E-state index contributed by atoms with van der Waals surface area (Å²) in [6.07, 6.45) is 0.791. The predicted molar refractivity (Wildman–Crippen MR) is 80.9 cm³/mol. The van der Waals surface area contributed by atoms with Gasteiger partial charge in [0.1, 0.15) is 24.2 Å². The molecule has 112 valence electrons. The molecule has 1 N–H and O–H groups in total. The SMILES string of the molecule is CCNC(c1ccc(CC)o1)C1COc2ccccc2O1. The number of nitrogens with one attached hydrogen (secondary N) is 1. The van der Waals surface area contributed by atoms with Crippen LogP contribution in [-0.2, 0) is 6.42 Å². The second-order valence-corrected chi connectivity index (χ2v) is 5.11. The van der Waals surface area contributed by atoms with Crippen LogP contribution in [0.1, 0.15) is 31.4 Å². The van der Waals surface area contributed by atoms with Crippen LogP contribution < -0.4 is 14.8 Å². The molecule has 0 saturated heterocycles. The van der Waals surface area contributed by atoms with Crippen LogP contribution in [0.2, 0.25) is 0 Å². The van der Waals surface area contributed by atoms with E-state index in [1.165, 1.54) is 0 Å². The minimum atomic E-state index is -0.101. The van der Waals surface area contributed by atoms with Gasteiger partial charge in [0.2, 0.25) is 0 Å². The maximum Gasteiger partial charge on any atom is 0.161 e. The highest BCUT2D eigenvalue weighted by Gasteiger charge is 2.31. The number of fused-ring (bicyclic) bond motifs is 1. The van der Waals surface area contributed by atoms with Crippen LogP contribution in [0.4, 0.5) is 0 Å².